The van der Waals surface area contributed by atoms with E-state index in [-0.39, 0.29) is 11.9 Å². The molecule has 0 N–H and O–H groups in total. The van der Waals surface area contributed by atoms with Gasteiger partial charge in [0.2, 0.25) is 5.91 Å². The van der Waals surface area contributed by atoms with E-state index in [4.69, 9.17) is 4.74 Å². The van der Waals surface area contributed by atoms with Gasteiger partial charge in [-0.05, 0) is 40.2 Å². The Hall–Kier alpha value is -1.58. The summed E-state index contributed by atoms with van der Waals surface area (Å²) in [4.78, 5) is 25.1. The quantitative estimate of drug-likeness (QED) is 0.571. The van der Waals surface area contributed by atoms with E-state index < -0.39 is 11.6 Å². The number of esters is 1. The summed E-state index contributed by atoms with van der Waals surface area (Å²) >= 11 is 0. The molecule has 1 rings (SSSR count). The molecule has 18 heavy (non-hydrogen) atoms. The van der Waals surface area contributed by atoms with E-state index in [1.54, 1.807) is 12.3 Å². The molecule has 1 amide bonds. The van der Waals surface area contributed by atoms with E-state index in [0.29, 0.717) is 12.8 Å². The van der Waals surface area contributed by atoms with Gasteiger partial charge < -0.3 is 9.64 Å². The number of allylic oxidation sites excluding steroid dienone is 3. The average Bonchev–Trinajstić information content (AvgIpc) is 2.58. The molecule has 4 nitrogen and oxygen atoms in total. The van der Waals surface area contributed by atoms with Crippen LogP contribution >= 0.6 is 0 Å². The number of amides is 1. The zero-order valence-electron chi connectivity index (χ0n) is 11.5. The molecule has 1 fully saturated rings. The van der Waals surface area contributed by atoms with Gasteiger partial charge in [-0.25, -0.2) is 4.79 Å². The minimum absolute atomic E-state index is 0.0355. The Bertz CT molecular complexity index is 377. The number of carbonyl (C=O) groups excluding carboxylic acids is 2. The molecule has 0 aromatic heterocycles. The lowest BCUT2D eigenvalue weighted by molar-refractivity contribution is -0.160. The SMILES string of the molecule is C/C=C/C=C/N1C(=O)CC[C@@H]1C(=O)OC(C)(C)C. The fourth-order valence-electron chi connectivity index (χ4n) is 1.74. The van der Waals surface area contributed by atoms with E-state index in [2.05, 4.69) is 0 Å². The maximum atomic E-state index is 12.0. The van der Waals surface area contributed by atoms with E-state index in [1.807, 2.05) is 39.8 Å². The number of hydrogen-bond donors (Lipinski definition) is 0. The molecule has 0 aromatic carbocycles. The van der Waals surface area contributed by atoms with Crippen molar-refractivity contribution in [2.45, 2.75) is 52.2 Å². The highest BCUT2D eigenvalue weighted by Gasteiger charge is 2.37. The summed E-state index contributed by atoms with van der Waals surface area (Å²) in [5.41, 5.74) is -0.526. The topological polar surface area (TPSA) is 46.6 Å². The number of likely N-dealkylation sites (tertiary alicyclic amines) is 1. The summed E-state index contributed by atoms with van der Waals surface area (Å²) in [7, 11) is 0. The van der Waals surface area contributed by atoms with Crippen LogP contribution in [-0.4, -0.2) is 28.4 Å². The smallest absolute Gasteiger partial charge is 0.329 e. The van der Waals surface area contributed by atoms with E-state index >= 15 is 0 Å². The van der Waals surface area contributed by atoms with Crippen LogP contribution in [0.3, 0.4) is 0 Å². The molecule has 0 unspecified atom stereocenters. The molecule has 1 atom stereocenters. The molecule has 4 heteroatoms. The Labute approximate surface area is 108 Å². The van der Waals surface area contributed by atoms with Crippen LogP contribution in [-0.2, 0) is 14.3 Å². The third-order valence-electron chi connectivity index (χ3n) is 2.48. The van der Waals surface area contributed by atoms with Crippen LogP contribution in [0, 0.1) is 0 Å². The first-order valence-corrected chi connectivity index (χ1v) is 6.18. The molecule has 0 aromatic rings. The highest BCUT2D eigenvalue weighted by atomic mass is 16.6. The van der Waals surface area contributed by atoms with E-state index in [1.165, 1.54) is 4.90 Å². The number of rotatable bonds is 3. The maximum absolute atomic E-state index is 12.0. The highest BCUT2D eigenvalue weighted by molar-refractivity contribution is 5.89. The van der Waals surface area contributed by atoms with Crippen molar-refractivity contribution in [2.24, 2.45) is 0 Å². The number of hydrogen-bond acceptors (Lipinski definition) is 3. The van der Waals surface area contributed by atoms with Crippen molar-refractivity contribution in [3.63, 3.8) is 0 Å². The van der Waals surface area contributed by atoms with Crippen LogP contribution in [0.5, 0.6) is 0 Å². The summed E-state index contributed by atoms with van der Waals surface area (Å²) < 4.78 is 5.32. The third-order valence-corrected chi connectivity index (χ3v) is 2.48. The van der Waals surface area contributed by atoms with Gasteiger partial charge in [0.1, 0.15) is 11.6 Å². The Morgan fingerprint density at radius 3 is 2.61 bits per heavy atom. The van der Waals surface area contributed by atoms with Crippen molar-refractivity contribution in [1.29, 1.82) is 0 Å². The van der Waals surface area contributed by atoms with E-state index in [9.17, 15) is 9.59 Å². The molecule has 0 saturated carbocycles. The van der Waals surface area contributed by atoms with Crippen LogP contribution in [0.2, 0.25) is 0 Å². The zero-order chi connectivity index (χ0) is 13.8. The van der Waals surface area contributed by atoms with Gasteiger partial charge in [-0.15, -0.1) is 0 Å². The summed E-state index contributed by atoms with van der Waals surface area (Å²) in [6, 6.07) is -0.488. The first kappa shape index (κ1) is 14.5. The van der Waals surface area contributed by atoms with Crippen molar-refractivity contribution < 1.29 is 14.3 Å². The summed E-state index contributed by atoms with van der Waals surface area (Å²) in [6.45, 7) is 7.35. The lowest BCUT2D eigenvalue weighted by atomic mass is 10.1. The van der Waals surface area contributed by atoms with Gasteiger partial charge in [0.15, 0.2) is 0 Å². The van der Waals surface area contributed by atoms with Gasteiger partial charge in [-0.1, -0.05) is 12.2 Å². The minimum atomic E-state index is -0.526. The van der Waals surface area contributed by atoms with Crippen molar-refractivity contribution in [2.75, 3.05) is 0 Å². The minimum Gasteiger partial charge on any atom is -0.458 e. The van der Waals surface area contributed by atoms with Crippen molar-refractivity contribution in [1.82, 2.24) is 4.90 Å². The van der Waals surface area contributed by atoms with Gasteiger partial charge in [-0.3, -0.25) is 4.79 Å². The average molecular weight is 251 g/mol. The highest BCUT2D eigenvalue weighted by Crippen LogP contribution is 2.22. The van der Waals surface area contributed by atoms with Crippen molar-refractivity contribution >= 4 is 11.9 Å². The first-order valence-electron chi connectivity index (χ1n) is 6.18. The van der Waals surface area contributed by atoms with Gasteiger partial charge in [0.25, 0.3) is 0 Å². The number of nitrogens with zero attached hydrogens (tertiary/aromatic N) is 1. The molecule has 100 valence electrons. The Morgan fingerprint density at radius 1 is 1.39 bits per heavy atom. The predicted octanol–water partition coefficient (Wildman–Crippen LogP) is 2.41. The second-order valence-corrected chi connectivity index (χ2v) is 5.26. The van der Waals surface area contributed by atoms with Crippen molar-refractivity contribution in [3.05, 3.63) is 24.4 Å². The summed E-state index contributed by atoms with van der Waals surface area (Å²) in [5.74, 6) is -0.370. The normalized spacial score (nSPS) is 21.2. The molecular formula is C14H21NO3. The zero-order valence-corrected chi connectivity index (χ0v) is 11.5. The molecular weight excluding hydrogens is 230 g/mol. The summed E-state index contributed by atoms with van der Waals surface area (Å²) in [5, 5.41) is 0. The molecule has 0 radical (unpaired) electrons. The molecule has 1 aliphatic heterocycles. The van der Waals surface area contributed by atoms with Crippen LogP contribution < -0.4 is 0 Å². The Kier molecular flexibility index (Phi) is 4.70. The lowest BCUT2D eigenvalue weighted by Crippen LogP contribution is -2.39. The second-order valence-electron chi connectivity index (χ2n) is 5.26. The summed E-state index contributed by atoms with van der Waals surface area (Å²) in [6.07, 6.45) is 7.99. The molecule has 0 bridgehead atoms. The van der Waals surface area contributed by atoms with Crippen LogP contribution in [0.4, 0.5) is 0 Å². The first-order chi connectivity index (χ1) is 8.35. The fraction of sp³-hybridized carbons (Fsp3) is 0.571. The van der Waals surface area contributed by atoms with Gasteiger partial charge >= 0.3 is 5.97 Å². The standard InChI is InChI=1S/C14H21NO3/c1-5-6-7-10-15-11(8-9-12(15)16)13(17)18-14(2,3)4/h5-7,10-11H,8-9H2,1-4H3/b6-5+,10-7+/t11-/m1/s1. The van der Waals surface area contributed by atoms with E-state index in [0.717, 1.165) is 0 Å². The molecule has 0 aliphatic carbocycles. The van der Waals surface area contributed by atoms with Crippen LogP contribution in [0.1, 0.15) is 40.5 Å². The van der Waals surface area contributed by atoms with Gasteiger partial charge in [0.05, 0.1) is 0 Å². The molecule has 1 heterocycles. The monoisotopic (exact) mass is 251 g/mol. The number of ether oxygens (including phenoxy) is 1. The number of carbonyl (C=O) groups is 2. The van der Waals surface area contributed by atoms with Crippen LogP contribution in [0.25, 0.3) is 0 Å². The Morgan fingerprint density at radius 2 is 2.06 bits per heavy atom. The second kappa shape index (κ2) is 5.85. The van der Waals surface area contributed by atoms with Crippen molar-refractivity contribution in [3.8, 4) is 0 Å². The molecule has 1 saturated heterocycles. The third kappa shape index (κ3) is 4.02. The fourth-order valence-corrected chi connectivity index (χ4v) is 1.74. The Balaban J connectivity index is 2.74. The maximum Gasteiger partial charge on any atom is 0.329 e. The predicted molar refractivity (Wildman–Crippen MR) is 69.7 cm³/mol. The van der Waals surface area contributed by atoms with Gasteiger partial charge in [-0.2, -0.15) is 0 Å². The molecule has 0 spiro atoms. The molecule has 1 aliphatic rings. The largest absolute Gasteiger partial charge is 0.458 e. The van der Waals surface area contributed by atoms with Crippen LogP contribution in [0.15, 0.2) is 24.4 Å². The van der Waals surface area contributed by atoms with Gasteiger partial charge in [0, 0.05) is 12.6 Å². The lowest BCUT2D eigenvalue weighted by Gasteiger charge is -2.25.